The van der Waals surface area contributed by atoms with Crippen molar-refractivity contribution >= 4 is 17.5 Å². The first-order valence-corrected chi connectivity index (χ1v) is 5.48. The van der Waals surface area contributed by atoms with Crippen molar-refractivity contribution in [3.63, 3.8) is 0 Å². The van der Waals surface area contributed by atoms with Gasteiger partial charge >= 0.3 is 0 Å². The van der Waals surface area contributed by atoms with Gasteiger partial charge in [0.1, 0.15) is 0 Å². The SMILES string of the molecule is C[C@@H](NC(=O)c1cccc(Cl)c1F)c1ncon1. The molecule has 0 unspecified atom stereocenters. The third-order valence-electron chi connectivity index (χ3n) is 2.31. The van der Waals surface area contributed by atoms with Gasteiger partial charge in [0.2, 0.25) is 6.39 Å². The van der Waals surface area contributed by atoms with Crippen LogP contribution in [0.4, 0.5) is 4.39 Å². The maximum atomic E-state index is 13.6. The van der Waals surface area contributed by atoms with E-state index in [1.165, 1.54) is 18.2 Å². The number of amides is 1. The van der Waals surface area contributed by atoms with Crippen molar-refractivity contribution in [2.24, 2.45) is 0 Å². The lowest BCUT2D eigenvalue weighted by Crippen LogP contribution is -2.28. The van der Waals surface area contributed by atoms with Gasteiger partial charge < -0.3 is 9.84 Å². The van der Waals surface area contributed by atoms with Gasteiger partial charge in [0.15, 0.2) is 11.6 Å². The number of nitrogens with zero attached hydrogens (tertiary/aromatic N) is 2. The Morgan fingerprint density at radius 1 is 1.56 bits per heavy atom. The van der Waals surface area contributed by atoms with E-state index < -0.39 is 17.8 Å². The molecule has 2 rings (SSSR count). The van der Waals surface area contributed by atoms with Crippen LogP contribution in [0.15, 0.2) is 29.1 Å². The molecule has 1 amide bonds. The Morgan fingerprint density at radius 2 is 2.33 bits per heavy atom. The van der Waals surface area contributed by atoms with Crippen molar-refractivity contribution in [2.45, 2.75) is 13.0 Å². The lowest BCUT2D eigenvalue weighted by molar-refractivity contribution is 0.0934. The maximum absolute atomic E-state index is 13.6. The van der Waals surface area contributed by atoms with Crippen LogP contribution in [0.1, 0.15) is 29.1 Å². The van der Waals surface area contributed by atoms with E-state index in [0.29, 0.717) is 5.82 Å². The normalized spacial score (nSPS) is 12.2. The molecule has 1 atom stereocenters. The van der Waals surface area contributed by atoms with Crippen LogP contribution in [-0.4, -0.2) is 16.0 Å². The second kappa shape index (κ2) is 5.14. The number of aromatic nitrogens is 2. The van der Waals surface area contributed by atoms with Crippen LogP contribution in [0, 0.1) is 5.82 Å². The summed E-state index contributed by atoms with van der Waals surface area (Å²) in [7, 11) is 0. The molecular formula is C11H9ClFN3O2. The van der Waals surface area contributed by atoms with Gasteiger partial charge in [-0.25, -0.2) is 4.39 Å². The Kier molecular flexibility index (Phi) is 3.57. The fourth-order valence-electron chi connectivity index (χ4n) is 1.39. The molecule has 0 bridgehead atoms. The maximum Gasteiger partial charge on any atom is 0.254 e. The van der Waals surface area contributed by atoms with Gasteiger partial charge in [-0.2, -0.15) is 4.98 Å². The Labute approximate surface area is 107 Å². The van der Waals surface area contributed by atoms with E-state index in [1.54, 1.807) is 6.92 Å². The smallest absolute Gasteiger partial charge is 0.254 e. The summed E-state index contributed by atoms with van der Waals surface area (Å²) in [5, 5.41) is 6.02. The third kappa shape index (κ3) is 2.48. The summed E-state index contributed by atoms with van der Waals surface area (Å²) in [6.07, 6.45) is 1.15. The minimum absolute atomic E-state index is 0.102. The summed E-state index contributed by atoms with van der Waals surface area (Å²) in [6, 6.07) is 3.73. The molecule has 0 spiro atoms. The van der Waals surface area contributed by atoms with Gasteiger partial charge in [-0.05, 0) is 19.1 Å². The fraction of sp³-hybridized carbons (Fsp3) is 0.182. The Morgan fingerprint density at radius 3 is 3.00 bits per heavy atom. The number of benzene rings is 1. The van der Waals surface area contributed by atoms with Crippen LogP contribution in [-0.2, 0) is 0 Å². The van der Waals surface area contributed by atoms with Gasteiger partial charge in [-0.1, -0.05) is 22.8 Å². The fourth-order valence-corrected chi connectivity index (χ4v) is 1.56. The average molecular weight is 270 g/mol. The third-order valence-corrected chi connectivity index (χ3v) is 2.60. The number of hydrogen-bond acceptors (Lipinski definition) is 4. The van der Waals surface area contributed by atoms with Crippen LogP contribution in [0.2, 0.25) is 5.02 Å². The first-order chi connectivity index (χ1) is 8.59. The molecule has 0 aliphatic carbocycles. The van der Waals surface area contributed by atoms with Crippen molar-refractivity contribution < 1.29 is 13.7 Å². The lowest BCUT2D eigenvalue weighted by Gasteiger charge is -2.10. The molecule has 0 saturated carbocycles. The monoisotopic (exact) mass is 269 g/mol. The molecule has 0 radical (unpaired) electrons. The highest BCUT2D eigenvalue weighted by molar-refractivity contribution is 6.31. The average Bonchev–Trinajstić information content (AvgIpc) is 2.86. The highest BCUT2D eigenvalue weighted by Crippen LogP contribution is 2.18. The molecule has 0 aliphatic heterocycles. The molecule has 7 heteroatoms. The van der Waals surface area contributed by atoms with Gasteiger partial charge in [0.25, 0.3) is 5.91 Å². The molecule has 0 fully saturated rings. The quantitative estimate of drug-likeness (QED) is 0.929. The molecule has 5 nitrogen and oxygen atoms in total. The summed E-state index contributed by atoms with van der Waals surface area (Å²) in [5.41, 5.74) is -0.127. The van der Waals surface area contributed by atoms with Gasteiger partial charge in [0.05, 0.1) is 16.6 Å². The number of carbonyl (C=O) groups is 1. The standard InChI is InChI=1S/C11H9ClFN3O2/c1-6(10-14-5-18-16-10)15-11(17)7-3-2-4-8(12)9(7)13/h2-6H,1H3,(H,15,17)/t6-/m1/s1. The van der Waals surface area contributed by atoms with Crippen LogP contribution in [0.5, 0.6) is 0 Å². The molecule has 1 N–H and O–H groups in total. The van der Waals surface area contributed by atoms with Crippen molar-refractivity contribution in [3.8, 4) is 0 Å². The summed E-state index contributed by atoms with van der Waals surface area (Å²) < 4.78 is 18.2. The highest BCUT2D eigenvalue weighted by Gasteiger charge is 2.18. The van der Waals surface area contributed by atoms with E-state index in [1.807, 2.05) is 0 Å². The molecule has 1 aromatic carbocycles. The van der Waals surface area contributed by atoms with E-state index in [2.05, 4.69) is 20.0 Å². The predicted octanol–water partition coefficient (Wildman–Crippen LogP) is 2.35. The van der Waals surface area contributed by atoms with Crippen LogP contribution in [0.25, 0.3) is 0 Å². The molecular weight excluding hydrogens is 261 g/mol. The zero-order valence-electron chi connectivity index (χ0n) is 9.35. The van der Waals surface area contributed by atoms with E-state index >= 15 is 0 Å². The molecule has 1 aromatic heterocycles. The summed E-state index contributed by atoms with van der Waals surface area (Å²) in [6.45, 7) is 1.66. The Balaban J connectivity index is 2.15. The zero-order chi connectivity index (χ0) is 13.1. The first-order valence-electron chi connectivity index (χ1n) is 5.10. The second-order valence-electron chi connectivity index (χ2n) is 3.59. The highest BCUT2D eigenvalue weighted by atomic mass is 35.5. The van der Waals surface area contributed by atoms with E-state index in [4.69, 9.17) is 11.6 Å². The van der Waals surface area contributed by atoms with Crippen LogP contribution in [0.3, 0.4) is 0 Å². The Hall–Kier alpha value is -1.95. The molecule has 0 saturated heterocycles. The van der Waals surface area contributed by atoms with Crippen molar-refractivity contribution in [3.05, 3.63) is 46.8 Å². The van der Waals surface area contributed by atoms with Crippen molar-refractivity contribution in [1.29, 1.82) is 0 Å². The minimum atomic E-state index is -0.753. The van der Waals surface area contributed by atoms with Gasteiger partial charge in [-0.3, -0.25) is 4.79 Å². The zero-order valence-corrected chi connectivity index (χ0v) is 10.1. The van der Waals surface area contributed by atoms with Gasteiger partial charge in [0, 0.05) is 0 Å². The number of hydrogen-bond donors (Lipinski definition) is 1. The molecule has 18 heavy (non-hydrogen) atoms. The predicted molar refractivity (Wildman–Crippen MR) is 61.6 cm³/mol. The van der Waals surface area contributed by atoms with E-state index in [-0.39, 0.29) is 10.6 Å². The van der Waals surface area contributed by atoms with E-state index in [0.717, 1.165) is 6.39 Å². The molecule has 94 valence electrons. The lowest BCUT2D eigenvalue weighted by atomic mass is 10.2. The van der Waals surface area contributed by atoms with E-state index in [9.17, 15) is 9.18 Å². The largest absolute Gasteiger partial charge is 0.343 e. The number of halogens is 2. The molecule has 2 aromatic rings. The number of rotatable bonds is 3. The van der Waals surface area contributed by atoms with Crippen LogP contribution >= 0.6 is 11.6 Å². The van der Waals surface area contributed by atoms with Crippen molar-refractivity contribution in [2.75, 3.05) is 0 Å². The summed E-state index contributed by atoms with van der Waals surface area (Å²) >= 11 is 5.60. The summed E-state index contributed by atoms with van der Waals surface area (Å²) in [5.74, 6) is -1.03. The molecule has 0 aliphatic rings. The Bertz CT molecular complexity index is 559. The molecule has 1 heterocycles. The number of carbonyl (C=O) groups excluding carboxylic acids is 1. The number of nitrogens with one attached hydrogen (secondary N) is 1. The van der Waals surface area contributed by atoms with Crippen LogP contribution < -0.4 is 5.32 Å². The summed E-state index contributed by atoms with van der Waals surface area (Å²) in [4.78, 5) is 15.6. The first kappa shape index (κ1) is 12.5. The van der Waals surface area contributed by atoms with Gasteiger partial charge in [-0.15, -0.1) is 0 Å². The minimum Gasteiger partial charge on any atom is -0.343 e. The topological polar surface area (TPSA) is 68.0 Å². The second-order valence-corrected chi connectivity index (χ2v) is 3.99. The van der Waals surface area contributed by atoms with Crippen molar-refractivity contribution in [1.82, 2.24) is 15.5 Å².